The normalized spacial score (nSPS) is 10.0. The molecule has 0 unspecified atom stereocenters. The van der Waals surface area contributed by atoms with Crippen LogP contribution in [-0.4, -0.2) is 22.8 Å². The molecule has 1 aromatic rings. The van der Waals surface area contributed by atoms with Gasteiger partial charge in [0.1, 0.15) is 0 Å². The van der Waals surface area contributed by atoms with Crippen LogP contribution < -0.4 is 0 Å². The van der Waals surface area contributed by atoms with Crippen molar-refractivity contribution in [2.45, 2.75) is 13.3 Å². The van der Waals surface area contributed by atoms with Gasteiger partial charge in [0.15, 0.2) is 0 Å². The van der Waals surface area contributed by atoms with Gasteiger partial charge in [-0.15, -0.1) is 0 Å². The van der Waals surface area contributed by atoms with Crippen LogP contribution in [0.4, 0.5) is 0 Å². The van der Waals surface area contributed by atoms with Crippen molar-refractivity contribution < 1.29 is 15.0 Å². The van der Waals surface area contributed by atoms with E-state index in [0.717, 1.165) is 11.1 Å². The summed E-state index contributed by atoms with van der Waals surface area (Å²) in [5.41, 5.74) is 2.20. The van der Waals surface area contributed by atoms with E-state index in [1.54, 1.807) is 18.2 Å². The van der Waals surface area contributed by atoms with Gasteiger partial charge in [-0.25, -0.2) is 4.79 Å². The molecule has 70 valence electrons. The third-order valence-electron chi connectivity index (χ3n) is 1.97. The fourth-order valence-corrected chi connectivity index (χ4v) is 1.23. The Morgan fingerprint density at radius 3 is 2.62 bits per heavy atom. The zero-order valence-corrected chi connectivity index (χ0v) is 7.45. The van der Waals surface area contributed by atoms with Crippen LogP contribution in [0, 0.1) is 6.92 Å². The lowest BCUT2D eigenvalue weighted by molar-refractivity contribution is 0.0697. The Hall–Kier alpha value is -1.35. The van der Waals surface area contributed by atoms with Gasteiger partial charge in [0.2, 0.25) is 0 Å². The number of aliphatic hydroxyl groups is 1. The molecule has 0 saturated carbocycles. The molecule has 1 aromatic carbocycles. The average molecular weight is 180 g/mol. The smallest absolute Gasteiger partial charge is 0.335 e. The van der Waals surface area contributed by atoms with Crippen LogP contribution >= 0.6 is 0 Å². The van der Waals surface area contributed by atoms with Crippen molar-refractivity contribution >= 4 is 5.97 Å². The molecule has 0 aliphatic heterocycles. The highest BCUT2D eigenvalue weighted by Gasteiger charge is 2.04. The van der Waals surface area contributed by atoms with E-state index in [1.165, 1.54) is 0 Å². The van der Waals surface area contributed by atoms with Gasteiger partial charge in [0.25, 0.3) is 0 Å². The van der Waals surface area contributed by atoms with Crippen molar-refractivity contribution in [3.8, 4) is 0 Å². The third kappa shape index (κ3) is 2.29. The molecule has 0 atom stereocenters. The minimum absolute atomic E-state index is 0.0905. The van der Waals surface area contributed by atoms with Crippen molar-refractivity contribution in [3.05, 3.63) is 34.9 Å². The number of aliphatic hydroxyl groups excluding tert-OH is 1. The summed E-state index contributed by atoms with van der Waals surface area (Å²) in [5, 5.41) is 17.4. The largest absolute Gasteiger partial charge is 0.478 e. The molecule has 3 nitrogen and oxygen atoms in total. The van der Waals surface area contributed by atoms with E-state index in [9.17, 15) is 4.79 Å². The number of aryl methyl sites for hydroxylation is 1. The van der Waals surface area contributed by atoms with Crippen molar-refractivity contribution in [2.24, 2.45) is 0 Å². The summed E-state index contributed by atoms with van der Waals surface area (Å²) in [6.07, 6.45) is 0.575. The van der Waals surface area contributed by atoms with Gasteiger partial charge in [-0.1, -0.05) is 6.07 Å². The minimum atomic E-state index is -0.918. The van der Waals surface area contributed by atoms with Gasteiger partial charge >= 0.3 is 5.97 Å². The van der Waals surface area contributed by atoms with Crippen LogP contribution in [0.3, 0.4) is 0 Å². The van der Waals surface area contributed by atoms with E-state index in [2.05, 4.69) is 0 Å². The molecule has 0 aliphatic rings. The molecule has 2 N–H and O–H groups in total. The molecule has 0 heterocycles. The molecule has 3 heteroatoms. The molecule has 0 amide bonds. The summed E-state index contributed by atoms with van der Waals surface area (Å²) in [6.45, 7) is 1.94. The molecule has 0 aromatic heterocycles. The Labute approximate surface area is 76.6 Å². The van der Waals surface area contributed by atoms with E-state index in [-0.39, 0.29) is 6.61 Å². The molecule has 0 saturated heterocycles. The second-order valence-corrected chi connectivity index (χ2v) is 2.92. The first-order valence-electron chi connectivity index (χ1n) is 4.09. The zero-order chi connectivity index (χ0) is 9.84. The number of rotatable bonds is 3. The number of carboxylic acids is 1. The van der Waals surface area contributed by atoms with Gasteiger partial charge in [0, 0.05) is 6.61 Å². The van der Waals surface area contributed by atoms with E-state index in [1.807, 2.05) is 6.92 Å². The van der Waals surface area contributed by atoms with Crippen LogP contribution in [0.15, 0.2) is 18.2 Å². The lowest BCUT2D eigenvalue weighted by Gasteiger charge is -2.04. The summed E-state index contributed by atoms with van der Waals surface area (Å²) in [6, 6.07) is 4.92. The summed E-state index contributed by atoms with van der Waals surface area (Å²) in [5.74, 6) is -0.918. The number of aromatic carboxylic acids is 1. The maximum atomic E-state index is 10.6. The molecule has 13 heavy (non-hydrogen) atoms. The van der Waals surface area contributed by atoms with E-state index in [4.69, 9.17) is 10.2 Å². The molecule has 0 fully saturated rings. The molecule has 0 bridgehead atoms. The lowest BCUT2D eigenvalue weighted by atomic mass is 10.0. The van der Waals surface area contributed by atoms with Crippen molar-refractivity contribution in [2.75, 3.05) is 6.61 Å². The molecule has 0 aliphatic carbocycles. The Morgan fingerprint density at radius 1 is 1.46 bits per heavy atom. The first-order valence-corrected chi connectivity index (χ1v) is 4.09. The van der Waals surface area contributed by atoms with Crippen LogP contribution in [0.1, 0.15) is 21.5 Å². The predicted molar refractivity (Wildman–Crippen MR) is 48.9 cm³/mol. The van der Waals surface area contributed by atoms with Crippen LogP contribution in [0.5, 0.6) is 0 Å². The Morgan fingerprint density at radius 2 is 2.15 bits per heavy atom. The summed E-state index contributed by atoms with van der Waals surface area (Å²) in [4.78, 5) is 10.6. The number of benzene rings is 1. The quantitative estimate of drug-likeness (QED) is 0.735. The Balaban J connectivity index is 2.98. The Bertz CT molecular complexity index is 318. The molecular formula is C10H12O3. The van der Waals surface area contributed by atoms with Crippen LogP contribution in [0.25, 0.3) is 0 Å². The Kier molecular flexibility index (Phi) is 3.03. The second-order valence-electron chi connectivity index (χ2n) is 2.92. The van der Waals surface area contributed by atoms with Crippen molar-refractivity contribution in [1.82, 2.24) is 0 Å². The lowest BCUT2D eigenvalue weighted by Crippen LogP contribution is -2.00. The molecule has 1 rings (SSSR count). The van der Waals surface area contributed by atoms with E-state index >= 15 is 0 Å². The standard InChI is InChI=1S/C10H12O3/c1-7-6-9(10(12)13)3-2-8(7)4-5-11/h2-3,6,11H,4-5H2,1H3,(H,12,13). The number of carbonyl (C=O) groups is 1. The first-order chi connectivity index (χ1) is 6.15. The van der Waals surface area contributed by atoms with Gasteiger partial charge in [-0.2, -0.15) is 0 Å². The van der Waals surface area contributed by atoms with Crippen LogP contribution in [-0.2, 0) is 6.42 Å². The average Bonchev–Trinajstić information content (AvgIpc) is 2.08. The summed E-state index contributed by atoms with van der Waals surface area (Å²) < 4.78 is 0. The highest BCUT2D eigenvalue weighted by Crippen LogP contribution is 2.11. The van der Waals surface area contributed by atoms with Gasteiger partial charge in [0.05, 0.1) is 5.56 Å². The van der Waals surface area contributed by atoms with Crippen molar-refractivity contribution in [1.29, 1.82) is 0 Å². The zero-order valence-electron chi connectivity index (χ0n) is 7.45. The SMILES string of the molecule is Cc1cc(C(=O)O)ccc1CCO. The number of hydrogen-bond donors (Lipinski definition) is 2. The van der Waals surface area contributed by atoms with Crippen molar-refractivity contribution in [3.63, 3.8) is 0 Å². The molecular weight excluding hydrogens is 168 g/mol. The summed E-state index contributed by atoms with van der Waals surface area (Å²) >= 11 is 0. The first kappa shape index (κ1) is 9.74. The number of hydrogen-bond acceptors (Lipinski definition) is 2. The fraction of sp³-hybridized carbons (Fsp3) is 0.300. The van der Waals surface area contributed by atoms with Crippen LogP contribution in [0.2, 0.25) is 0 Å². The predicted octanol–water partition coefficient (Wildman–Crippen LogP) is 1.23. The highest BCUT2D eigenvalue weighted by molar-refractivity contribution is 5.87. The maximum Gasteiger partial charge on any atom is 0.335 e. The fourth-order valence-electron chi connectivity index (χ4n) is 1.23. The van der Waals surface area contributed by atoms with E-state index in [0.29, 0.717) is 12.0 Å². The number of carboxylic acid groups (broad SMARTS) is 1. The molecule has 0 radical (unpaired) electrons. The maximum absolute atomic E-state index is 10.6. The van der Waals surface area contributed by atoms with Gasteiger partial charge < -0.3 is 10.2 Å². The minimum Gasteiger partial charge on any atom is -0.478 e. The summed E-state index contributed by atoms with van der Waals surface area (Å²) in [7, 11) is 0. The third-order valence-corrected chi connectivity index (χ3v) is 1.97. The highest BCUT2D eigenvalue weighted by atomic mass is 16.4. The topological polar surface area (TPSA) is 57.5 Å². The van der Waals surface area contributed by atoms with Gasteiger partial charge in [-0.3, -0.25) is 0 Å². The molecule has 0 spiro atoms. The monoisotopic (exact) mass is 180 g/mol. The second kappa shape index (κ2) is 4.05. The van der Waals surface area contributed by atoms with Gasteiger partial charge in [-0.05, 0) is 36.6 Å². The van der Waals surface area contributed by atoms with E-state index < -0.39 is 5.97 Å².